The zero-order valence-corrected chi connectivity index (χ0v) is 32.8. The van der Waals surface area contributed by atoms with Gasteiger partial charge in [0.15, 0.2) is 0 Å². The van der Waals surface area contributed by atoms with Gasteiger partial charge in [-0.3, -0.25) is 0 Å². The van der Waals surface area contributed by atoms with Crippen LogP contribution in [0, 0.1) is 0 Å². The molecule has 63 heavy (non-hydrogen) atoms. The van der Waals surface area contributed by atoms with Gasteiger partial charge in [-0.2, -0.15) is 132 Å². The van der Waals surface area contributed by atoms with Gasteiger partial charge in [-0.25, -0.2) is 3.63 Å². The summed E-state index contributed by atoms with van der Waals surface area (Å²) >= 11 is -3.46. The predicted molar refractivity (Wildman–Crippen MR) is 162 cm³/mol. The molecule has 0 rings (SSSR count). The molecular weight excluding hydrogens is 1010 g/mol. The van der Waals surface area contributed by atoms with Crippen LogP contribution >= 0.6 is 24.1 Å². The van der Waals surface area contributed by atoms with E-state index in [9.17, 15) is 114 Å². The highest BCUT2D eigenvalue weighted by molar-refractivity contribution is 8.08. The molecule has 0 heterocycles. The highest BCUT2D eigenvalue weighted by Gasteiger charge is 2.95. The van der Waals surface area contributed by atoms with Crippen LogP contribution in [0.25, 0.3) is 0 Å². The predicted octanol–water partition coefficient (Wildman–Crippen LogP) is 16.5. The van der Waals surface area contributed by atoms with E-state index in [0.29, 0.717) is 0 Å². The van der Waals surface area contributed by atoms with Crippen LogP contribution in [-0.4, -0.2) is 93.9 Å². The molecule has 0 aliphatic carbocycles. The first-order valence-electron chi connectivity index (χ1n) is 17.3. The molecule has 380 valence electrons. The van der Waals surface area contributed by atoms with Crippen molar-refractivity contribution in [3.8, 4) is 0 Å². The largest absolute Gasteiger partial charge is 0.460 e. The summed E-state index contributed by atoms with van der Waals surface area (Å²) in [7, 11) is 0. The van der Waals surface area contributed by atoms with Gasteiger partial charge in [-0.15, -0.1) is 0 Å². The van der Waals surface area contributed by atoms with Crippen LogP contribution in [0.3, 0.4) is 0 Å². The van der Waals surface area contributed by atoms with Crippen LogP contribution in [0.4, 0.5) is 132 Å². The smallest absolute Gasteiger partial charge is 0.246 e. The maximum Gasteiger partial charge on any atom is 0.460 e. The van der Waals surface area contributed by atoms with Crippen molar-refractivity contribution >= 4 is 24.1 Å². The first kappa shape index (κ1) is 61.6. The third-order valence-corrected chi connectivity index (χ3v) is 11.1. The fraction of sp³-hybridized carbons (Fsp3) is 1.00. The SMILES string of the molecule is CCCCCCCC(SOSC(CCCCCCC)C(F)(F)C(F)(F)C(F)(F)C(F)(F)C(F)(F)C(F)(F)C(F)(F)F)C(F)(F)C(F)(F)C(F)(F)C(F)(F)C(F)(F)C(F)(F)C(F)(F)F. The van der Waals surface area contributed by atoms with Gasteiger partial charge >= 0.3 is 83.4 Å². The lowest BCUT2D eigenvalue weighted by Gasteiger charge is -2.43. The molecule has 0 aromatic carbocycles. The standard InChI is InChI=1S/C30H32F30OS2/c1-3-5-7-9-11-13-15(17(31,32)19(35,36)21(39,40)23(43,44)25(47,48)27(51,52)29(55,56)57)62-61-63-16(14-12-10-8-6-4-2)18(33,34)20(37,38)22(41,42)24(45,46)26(49,50)28(53,54)30(58,59)60/h15-16H,3-14H2,1-2H3. The van der Waals surface area contributed by atoms with Crippen LogP contribution in [0.1, 0.15) is 90.9 Å². The van der Waals surface area contributed by atoms with Crippen LogP contribution in [-0.2, 0) is 3.63 Å². The zero-order chi connectivity index (χ0) is 50.8. The van der Waals surface area contributed by atoms with E-state index >= 15 is 17.6 Å². The minimum atomic E-state index is -8.82. The Hall–Kier alpha value is -1.44. The molecule has 0 aliphatic rings. The second kappa shape index (κ2) is 20.0. The Morgan fingerprint density at radius 1 is 0.286 bits per heavy atom. The maximum atomic E-state index is 15.2. The van der Waals surface area contributed by atoms with E-state index in [2.05, 4.69) is 3.63 Å². The minimum Gasteiger partial charge on any atom is -0.246 e. The fourth-order valence-corrected chi connectivity index (χ4v) is 6.93. The van der Waals surface area contributed by atoms with Gasteiger partial charge in [0, 0.05) is 24.1 Å². The van der Waals surface area contributed by atoms with Gasteiger partial charge in [-0.05, 0) is 12.8 Å². The van der Waals surface area contributed by atoms with Crippen molar-refractivity contribution in [3.05, 3.63) is 0 Å². The Kier molecular flexibility index (Phi) is 19.6. The molecule has 0 fully saturated rings. The summed E-state index contributed by atoms with van der Waals surface area (Å²) in [5.41, 5.74) is 0. The Bertz CT molecular complexity index is 1320. The van der Waals surface area contributed by atoms with Crippen LogP contribution in [0.2, 0.25) is 0 Å². The van der Waals surface area contributed by atoms with Gasteiger partial charge in [0.1, 0.15) is 10.5 Å². The number of hydrogen-bond acceptors (Lipinski definition) is 3. The van der Waals surface area contributed by atoms with Crippen LogP contribution < -0.4 is 0 Å². The zero-order valence-electron chi connectivity index (χ0n) is 31.2. The molecule has 1 nitrogen and oxygen atoms in total. The van der Waals surface area contributed by atoms with E-state index in [1.807, 2.05) is 0 Å². The summed E-state index contributed by atoms with van der Waals surface area (Å²) in [4.78, 5) is 0. The lowest BCUT2D eigenvalue weighted by atomic mass is 9.89. The lowest BCUT2D eigenvalue weighted by Crippen LogP contribution is -2.73. The average Bonchev–Trinajstić information content (AvgIpc) is 3.10. The van der Waals surface area contributed by atoms with E-state index in [1.165, 1.54) is 13.8 Å². The second-order valence-corrected chi connectivity index (χ2v) is 15.7. The molecule has 33 heteroatoms. The summed E-state index contributed by atoms with van der Waals surface area (Å²) in [5.74, 6) is -100. The summed E-state index contributed by atoms with van der Waals surface area (Å²) in [5, 5.41) is -8.35. The summed E-state index contributed by atoms with van der Waals surface area (Å²) < 4.78 is 421. The molecular formula is C30H32F30OS2. The van der Waals surface area contributed by atoms with E-state index in [0.717, 1.165) is 0 Å². The Labute approximate surface area is 344 Å². The summed E-state index contributed by atoms with van der Waals surface area (Å²) in [6.07, 6.45) is -22.5. The lowest BCUT2D eigenvalue weighted by molar-refractivity contribution is -0.452. The number of rotatable bonds is 28. The van der Waals surface area contributed by atoms with Gasteiger partial charge in [0.25, 0.3) is 0 Å². The molecule has 0 spiro atoms. The van der Waals surface area contributed by atoms with E-state index < -0.39 is 157 Å². The number of alkyl halides is 30. The van der Waals surface area contributed by atoms with Crippen LogP contribution in [0.15, 0.2) is 0 Å². The first-order chi connectivity index (χ1) is 27.6. The average molecular weight is 1040 g/mol. The molecule has 0 amide bonds. The van der Waals surface area contributed by atoms with Crippen molar-refractivity contribution < 1.29 is 135 Å². The molecule has 0 saturated carbocycles. The molecule has 0 aromatic rings. The van der Waals surface area contributed by atoms with E-state index in [-0.39, 0.29) is 38.5 Å². The molecule has 0 bridgehead atoms. The molecule has 0 saturated heterocycles. The van der Waals surface area contributed by atoms with Crippen molar-refractivity contribution in [2.24, 2.45) is 0 Å². The Morgan fingerprint density at radius 2 is 0.492 bits per heavy atom. The fourth-order valence-electron chi connectivity index (χ4n) is 4.93. The topological polar surface area (TPSA) is 9.23 Å². The van der Waals surface area contributed by atoms with Crippen molar-refractivity contribution in [1.29, 1.82) is 0 Å². The first-order valence-corrected chi connectivity index (χ1v) is 18.9. The quantitative estimate of drug-likeness (QED) is 0.0439. The molecule has 0 radical (unpaired) electrons. The maximum absolute atomic E-state index is 15.2. The number of hydrogen-bond donors (Lipinski definition) is 0. The van der Waals surface area contributed by atoms with Crippen LogP contribution in [0.5, 0.6) is 0 Å². The van der Waals surface area contributed by atoms with Gasteiger partial charge in [0.05, 0.1) is 0 Å². The minimum absolute atomic E-state index is 0.121. The summed E-state index contributed by atoms with van der Waals surface area (Å²) in [6, 6.07) is 0. The van der Waals surface area contributed by atoms with Gasteiger partial charge in [0.2, 0.25) is 0 Å². The Balaban J connectivity index is 7.39. The highest BCUT2D eigenvalue weighted by Crippen LogP contribution is 2.66. The monoisotopic (exact) mass is 1040 g/mol. The normalized spacial score (nSPS) is 16.8. The number of halogens is 30. The molecule has 0 N–H and O–H groups in total. The van der Waals surface area contributed by atoms with E-state index in [1.54, 1.807) is 0 Å². The second-order valence-electron chi connectivity index (χ2n) is 13.6. The third kappa shape index (κ3) is 10.8. The van der Waals surface area contributed by atoms with Crippen molar-refractivity contribution in [2.45, 2.75) is 185 Å². The van der Waals surface area contributed by atoms with E-state index in [4.69, 9.17) is 0 Å². The molecule has 2 atom stereocenters. The molecule has 0 aliphatic heterocycles. The highest BCUT2D eigenvalue weighted by atomic mass is 32.2. The van der Waals surface area contributed by atoms with Gasteiger partial charge < -0.3 is 0 Å². The van der Waals surface area contributed by atoms with Gasteiger partial charge in [-0.1, -0.05) is 78.1 Å². The van der Waals surface area contributed by atoms with Crippen molar-refractivity contribution in [1.82, 2.24) is 0 Å². The van der Waals surface area contributed by atoms with Crippen molar-refractivity contribution in [3.63, 3.8) is 0 Å². The molecule has 2 unspecified atom stereocenters. The van der Waals surface area contributed by atoms with Crippen molar-refractivity contribution in [2.75, 3.05) is 0 Å². The number of unbranched alkanes of at least 4 members (excludes halogenated alkanes) is 8. The molecule has 0 aromatic heterocycles. The summed E-state index contributed by atoms with van der Waals surface area (Å²) in [6.45, 7) is 2.91. The Morgan fingerprint density at radius 3 is 0.714 bits per heavy atom. The third-order valence-electron chi connectivity index (χ3n) is 8.96.